The molecule has 0 radical (unpaired) electrons. The van der Waals surface area contributed by atoms with E-state index < -0.39 is 10.0 Å². The van der Waals surface area contributed by atoms with Crippen molar-refractivity contribution in [2.45, 2.75) is 26.3 Å². The van der Waals surface area contributed by atoms with Crippen molar-refractivity contribution in [1.82, 2.24) is 24.2 Å². The highest BCUT2D eigenvalue weighted by Gasteiger charge is 2.25. The van der Waals surface area contributed by atoms with Crippen LogP contribution in [0, 0.1) is 6.92 Å². The summed E-state index contributed by atoms with van der Waals surface area (Å²) in [6, 6.07) is 0.118. The van der Waals surface area contributed by atoms with Gasteiger partial charge in [-0.1, -0.05) is 5.16 Å². The molecule has 23 heavy (non-hydrogen) atoms. The van der Waals surface area contributed by atoms with E-state index in [-0.39, 0.29) is 11.8 Å². The maximum atomic E-state index is 11.7. The first-order valence-corrected chi connectivity index (χ1v) is 9.57. The predicted molar refractivity (Wildman–Crippen MR) is 87.6 cm³/mol. The number of rotatable bonds is 7. The molecule has 0 aliphatic carbocycles. The Labute approximate surface area is 138 Å². The Balaban J connectivity index is 1.74. The summed E-state index contributed by atoms with van der Waals surface area (Å²) in [6.45, 7) is 8.41. The Morgan fingerprint density at radius 3 is 2.43 bits per heavy atom. The Hall–Kier alpha value is -1.03. The molecule has 0 saturated carbocycles. The first-order valence-electron chi connectivity index (χ1n) is 7.96. The third-order valence-corrected chi connectivity index (χ3v) is 6.21. The molecule has 0 unspecified atom stereocenters. The summed E-state index contributed by atoms with van der Waals surface area (Å²) in [6.07, 6.45) is 0.666. The molecule has 132 valence electrons. The van der Waals surface area contributed by atoms with Gasteiger partial charge in [0.1, 0.15) is 0 Å². The van der Waals surface area contributed by atoms with Crippen LogP contribution in [-0.2, 0) is 10.0 Å². The van der Waals surface area contributed by atoms with Gasteiger partial charge in [0.25, 0.3) is 0 Å². The molecule has 8 nitrogen and oxygen atoms in total. The van der Waals surface area contributed by atoms with Gasteiger partial charge in [0.05, 0.1) is 11.8 Å². The van der Waals surface area contributed by atoms with Gasteiger partial charge in [-0.25, -0.2) is 12.7 Å². The molecule has 0 aromatic carbocycles. The molecule has 1 aliphatic heterocycles. The highest BCUT2D eigenvalue weighted by Crippen LogP contribution is 2.20. The van der Waals surface area contributed by atoms with Crippen molar-refractivity contribution < 1.29 is 12.9 Å². The third-order valence-electron chi connectivity index (χ3n) is 4.29. The average Bonchev–Trinajstić information content (AvgIpc) is 2.93. The molecule has 1 aromatic rings. The summed E-state index contributed by atoms with van der Waals surface area (Å²) in [5.74, 6) is 1.53. The number of hydrogen-bond acceptors (Lipinski definition) is 7. The Morgan fingerprint density at radius 1 is 1.26 bits per heavy atom. The van der Waals surface area contributed by atoms with Crippen molar-refractivity contribution in [2.24, 2.45) is 0 Å². The van der Waals surface area contributed by atoms with E-state index in [1.165, 1.54) is 4.31 Å². The lowest BCUT2D eigenvalue weighted by atomic mass is 10.2. The number of hydrogen-bond donors (Lipinski definition) is 0. The molecule has 2 rings (SSSR count). The molecule has 9 heteroatoms. The summed E-state index contributed by atoms with van der Waals surface area (Å²) in [5.41, 5.74) is 0. The van der Waals surface area contributed by atoms with Gasteiger partial charge in [-0.15, -0.1) is 0 Å². The molecule has 1 aliphatic rings. The lowest BCUT2D eigenvalue weighted by Gasteiger charge is -2.36. The van der Waals surface area contributed by atoms with E-state index >= 15 is 0 Å². The molecule has 0 bridgehead atoms. The highest BCUT2D eigenvalue weighted by molar-refractivity contribution is 7.89. The lowest BCUT2D eigenvalue weighted by molar-refractivity contribution is 0.0885. The minimum Gasteiger partial charge on any atom is -0.338 e. The lowest BCUT2D eigenvalue weighted by Crippen LogP contribution is -2.47. The first-order chi connectivity index (χ1) is 10.8. The van der Waals surface area contributed by atoms with Crippen molar-refractivity contribution >= 4 is 10.0 Å². The Morgan fingerprint density at radius 2 is 1.91 bits per heavy atom. The van der Waals surface area contributed by atoms with Gasteiger partial charge < -0.3 is 9.42 Å². The number of aryl methyl sites for hydroxylation is 1. The van der Waals surface area contributed by atoms with Crippen LogP contribution < -0.4 is 0 Å². The average molecular weight is 345 g/mol. The molecule has 2 heterocycles. The summed E-state index contributed by atoms with van der Waals surface area (Å²) >= 11 is 0. The predicted octanol–water partition coefficient (Wildman–Crippen LogP) is 0.338. The summed E-state index contributed by atoms with van der Waals surface area (Å²) in [7, 11) is 0.0679. The minimum atomic E-state index is -3.09. The maximum Gasteiger partial charge on any atom is 0.243 e. The van der Waals surface area contributed by atoms with E-state index in [2.05, 4.69) is 26.9 Å². The van der Waals surface area contributed by atoms with Crippen molar-refractivity contribution in [2.75, 3.05) is 52.6 Å². The topological polar surface area (TPSA) is 82.8 Å². The van der Waals surface area contributed by atoms with Crippen LogP contribution in [0.25, 0.3) is 0 Å². The Kier molecular flexibility index (Phi) is 6.12. The number of nitrogens with zero attached hydrogens (tertiary/aromatic N) is 5. The quantitative estimate of drug-likeness (QED) is 0.704. The first kappa shape index (κ1) is 18.3. The van der Waals surface area contributed by atoms with E-state index in [1.807, 2.05) is 6.92 Å². The number of aromatic nitrogens is 2. The molecule has 0 amide bonds. The standard InChI is InChI=1S/C14H27N5O3S/c1-12(14-15-13(2)16-22-14)19-9-7-18(8-10-19)6-5-11-23(20,21)17(3)4/h12H,5-11H2,1-4H3/t12-/m0/s1. The monoisotopic (exact) mass is 345 g/mol. The van der Waals surface area contributed by atoms with Crippen LogP contribution in [0.3, 0.4) is 0 Å². The molecule has 1 fully saturated rings. The van der Waals surface area contributed by atoms with E-state index in [0.717, 1.165) is 32.7 Å². The minimum absolute atomic E-state index is 0.118. The second-order valence-corrected chi connectivity index (χ2v) is 8.49. The van der Waals surface area contributed by atoms with Gasteiger partial charge in [-0.3, -0.25) is 4.90 Å². The van der Waals surface area contributed by atoms with Crippen LogP contribution in [0.4, 0.5) is 0 Å². The van der Waals surface area contributed by atoms with Gasteiger partial charge in [-0.05, 0) is 26.8 Å². The van der Waals surface area contributed by atoms with Crippen molar-refractivity contribution in [1.29, 1.82) is 0 Å². The summed E-state index contributed by atoms with van der Waals surface area (Å²) in [5, 5.41) is 3.84. The van der Waals surface area contributed by atoms with Crippen LogP contribution in [-0.4, -0.2) is 85.2 Å². The molecule has 1 atom stereocenters. The van der Waals surface area contributed by atoms with Gasteiger partial charge >= 0.3 is 0 Å². The molecule has 0 N–H and O–H groups in total. The van der Waals surface area contributed by atoms with E-state index in [0.29, 0.717) is 18.1 Å². The third kappa shape index (κ3) is 4.97. The fourth-order valence-electron chi connectivity index (χ4n) is 2.67. The molecule has 1 saturated heterocycles. The number of sulfonamides is 1. The normalized spacial score (nSPS) is 19.3. The highest BCUT2D eigenvalue weighted by atomic mass is 32.2. The molecular weight excluding hydrogens is 318 g/mol. The van der Waals surface area contributed by atoms with E-state index in [1.54, 1.807) is 14.1 Å². The van der Waals surface area contributed by atoms with Crippen molar-refractivity contribution in [3.8, 4) is 0 Å². The molecule has 1 aromatic heterocycles. The van der Waals surface area contributed by atoms with Crippen LogP contribution >= 0.6 is 0 Å². The zero-order chi connectivity index (χ0) is 17.0. The second kappa shape index (κ2) is 7.69. The zero-order valence-corrected chi connectivity index (χ0v) is 15.2. The Bertz CT molecular complexity index is 593. The smallest absolute Gasteiger partial charge is 0.243 e. The van der Waals surface area contributed by atoms with Gasteiger partial charge in [-0.2, -0.15) is 4.98 Å². The van der Waals surface area contributed by atoms with Crippen molar-refractivity contribution in [3.63, 3.8) is 0 Å². The zero-order valence-electron chi connectivity index (χ0n) is 14.4. The van der Waals surface area contributed by atoms with Gasteiger partial charge in [0.15, 0.2) is 5.82 Å². The fourth-order valence-corrected chi connectivity index (χ4v) is 3.53. The largest absolute Gasteiger partial charge is 0.338 e. The van der Waals surface area contributed by atoms with Crippen molar-refractivity contribution in [3.05, 3.63) is 11.7 Å². The van der Waals surface area contributed by atoms with Gasteiger partial charge in [0.2, 0.25) is 15.9 Å². The summed E-state index contributed by atoms with van der Waals surface area (Å²) in [4.78, 5) is 8.93. The fraction of sp³-hybridized carbons (Fsp3) is 0.857. The van der Waals surface area contributed by atoms with Crippen LogP contribution in [0.2, 0.25) is 0 Å². The summed E-state index contributed by atoms with van der Waals surface area (Å²) < 4.78 is 30.0. The van der Waals surface area contributed by atoms with Gasteiger partial charge in [0, 0.05) is 40.3 Å². The van der Waals surface area contributed by atoms with E-state index in [4.69, 9.17) is 4.52 Å². The van der Waals surface area contributed by atoms with Crippen LogP contribution in [0.5, 0.6) is 0 Å². The van der Waals surface area contributed by atoms with Crippen LogP contribution in [0.1, 0.15) is 31.1 Å². The van der Waals surface area contributed by atoms with E-state index in [9.17, 15) is 8.42 Å². The number of piperazine rings is 1. The molecule has 0 spiro atoms. The SMILES string of the molecule is Cc1noc([C@H](C)N2CCN(CCCS(=O)(=O)N(C)C)CC2)n1. The second-order valence-electron chi connectivity index (χ2n) is 6.19. The molecular formula is C14H27N5O3S. The van der Waals surface area contributed by atoms with Crippen LogP contribution in [0.15, 0.2) is 4.52 Å². The maximum absolute atomic E-state index is 11.7.